The topological polar surface area (TPSA) is 19.7 Å². The van der Waals surface area contributed by atoms with Gasteiger partial charge >= 0.3 is 0 Å². The predicted octanol–water partition coefficient (Wildman–Crippen LogP) is 3.16. The van der Waals surface area contributed by atoms with E-state index in [4.69, 9.17) is 11.6 Å². The third-order valence-electron chi connectivity index (χ3n) is 2.86. The average Bonchev–Trinajstić information content (AvgIpc) is 2.76. The number of para-hydroxylation sites is 2. The lowest BCUT2D eigenvalue weighted by atomic mass is 10.2. The molecule has 0 aliphatic rings. The molecule has 2 nitrogen and oxygen atoms in total. The van der Waals surface area contributed by atoms with Gasteiger partial charge in [-0.2, -0.15) is 0 Å². The van der Waals surface area contributed by atoms with Crippen molar-refractivity contribution >= 4 is 22.6 Å². The number of aromatic nitrogens is 2. The van der Waals surface area contributed by atoms with E-state index in [1.54, 1.807) is 0 Å². The van der Waals surface area contributed by atoms with Gasteiger partial charge in [-0.3, -0.25) is 0 Å². The smallest absolute Gasteiger partial charge is 0.242 e. The molecule has 0 aliphatic heterocycles. The van der Waals surface area contributed by atoms with Gasteiger partial charge in [0.2, 0.25) is 6.33 Å². The minimum absolute atomic E-state index is 0.776. The van der Waals surface area contributed by atoms with Crippen molar-refractivity contribution in [2.45, 2.75) is 6.54 Å². The highest BCUT2D eigenvalue weighted by molar-refractivity contribution is 6.30. The quantitative estimate of drug-likeness (QED) is 0.667. The van der Waals surface area contributed by atoms with Gasteiger partial charge in [-0.05, 0) is 29.8 Å². The fourth-order valence-corrected chi connectivity index (χ4v) is 2.11. The molecular weight excluding hydrogens is 232 g/mol. The van der Waals surface area contributed by atoms with Crippen LogP contribution in [0.2, 0.25) is 5.02 Å². The van der Waals surface area contributed by atoms with Gasteiger partial charge in [-0.15, -0.1) is 0 Å². The first-order chi connectivity index (χ1) is 8.33. The van der Waals surface area contributed by atoms with E-state index >= 15 is 0 Å². The molecule has 0 aliphatic carbocycles. The molecule has 0 unspecified atom stereocenters. The van der Waals surface area contributed by atoms with E-state index in [0.717, 1.165) is 17.1 Å². The van der Waals surface area contributed by atoms with E-state index in [-0.39, 0.29) is 0 Å². The molecule has 3 rings (SSSR count). The monoisotopic (exact) mass is 243 g/mol. The van der Waals surface area contributed by atoms with E-state index in [2.05, 4.69) is 39.9 Å². The maximum Gasteiger partial charge on any atom is 0.242 e. The summed E-state index contributed by atoms with van der Waals surface area (Å²) in [7, 11) is 0. The predicted molar refractivity (Wildman–Crippen MR) is 69.0 cm³/mol. The highest BCUT2D eigenvalue weighted by atomic mass is 35.5. The van der Waals surface area contributed by atoms with Gasteiger partial charge in [0.05, 0.1) is 0 Å². The first kappa shape index (κ1) is 10.4. The molecule has 0 saturated heterocycles. The van der Waals surface area contributed by atoms with Crippen molar-refractivity contribution in [2.75, 3.05) is 0 Å². The molecule has 0 bridgehead atoms. The molecular formula is C14H12ClN2+. The molecule has 2 aromatic carbocycles. The van der Waals surface area contributed by atoms with Crippen LogP contribution in [0.15, 0.2) is 54.9 Å². The molecule has 0 fully saturated rings. The summed E-state index contributed by atoms with van der Waals surface area (Å²) in [4.78, 5) is 3.26. The van der Waals surface area contributed by atoms with E-state index in [1.165, 1.54) is 11.1 Å². The second-order valence-corrected chi connectivity index (χ2v) is 4.48. The maximum atomic E-state index is 5.88. The summed E-state index contributed by atoms with van der Waals surface area (Å²) in [6.45, 7) is 0.848. The van der Waals surface area contributed by atoms with Crippen LogP contribution in [-0.4, -0.2) is 4.98 Å². The van der Waals surface area contributed by atoms with Crippen molar-refractivity contribution in [1.82, 2.24) is 4.98 Å². The molecule has 0 saturated carbocycles. The lowest BCUT2D eigenvalue weighted by Crippen LogP contribution is -2.32. The molecule has 84 valence electrons. The fraction of sp³-hybridized carbons (Fsp3) is 0.0714. The van der Waals surface area contributed by atoms with E-state index in [1.807, 2.05) is 24.5 Å². The highest BCUT2D eigenvalue weighted by Gasteiger charge is 2.08. The molecule has 1 N–H and O–H groups in total. The molecule has 0 atom stereocenters. The van der Waals surface area contributed by atoms with Crippen LogP contribution in [0.3, 0.4) is 0 Å². The molecule has 1 heterocycles. The Kier molecular flexibility index (Phi) is 2.57. The van der Waals surface area contributed by atoms with Crippen molar-refractivity contribution in [3.05, 3.63) is 65.4 Å². The molecule has 0 spiro atoms. The Balaban J connectivity index is 1.97. The number of nitrogens with one attached hydrogen (secondary N) is 1. The van der Waals surface area contributed by atoms with Crippen LogP contribution < -0.4 is 4.57 Å². The minimum atomic E-state index is 0.776. The Morgan fingerprint density at radius 3 is 2.59 bits per heavy atom. The first-order valence-corrected chi connectivity index (χ1v) is 5.91. The standard InChI is InChI=1S/C14H11ClN2/c15-12-7-5-11(6-8-12)9-17-10-16-13-3-1-2-4-14(13)17/h1-8,10H,9H2/p+1. The van der Waals surface area contributed by atoms with Gasteiger partial charge in [-0.1, -0.05) is 35.9 Å². The number of halogens is 1. The molecule has 3 heteroatoms. The third kappa shape index (κ3) is 2.04. The zero-order valence-corrected chi connectivity index (χ0v) is 9.98. The van der Waals surface area contributed by atoms with E-state index in [9.17, 15) is 0 Å². The van der Waals surface area contributed by atoms with Gasteiger partial charge in [0.15, 0.2) is 11.0 Å². The van der Waals surface area contributed by atoms with Crippen LogP contribution in [0.4, 0.5) is 0 Å². The summed E-state index contributed by atoms with van der Waals surface area (Å²) >= 11 is 5.88. The number of hydrogen-bond donors (Lipinski definition) is 1. The summed E-state index contributed by atoms with van der Waals surface area (Å²) < 4.78 is 2.19. The van der Waals surface area contributed by atoms with Gasteiger partial charge < -0.3 is 0 Å². The largest absolute Gasteiger partial charge is 0.243 e. The van der Waals surface area contributed by atoms with Crippen molar-refractivity contribution < 1.29 is 4.57 Å². The maximum absolute atomic E-state index is 5.88. The van der Waals surface area contributed by atoms with Crippen LogP contribution in [0.5, 0.6) is 0 Å². The molecule has 3 aromatic rings. The van der Waals surface area contributed by atoms with E-state index in [0.29, 0.717) is 0 Å². The first-order valence-electron chi connectivity index (χ1n) is 5.53. The lowest BCUT2D eigenvalue weighted by molar-refractivity contribution is -0.662. The third-order valence-corrected chi connectivity index (χ3v) is 3.11. The Hall–Kier alpha value is -1.80. The van der Waals surface area contributed by atoms with Gasteiger partial charge in [0.25, 0.3) is 0 Å². The zero-order chi connectivity index (χ0) is 11.7. The number of nitrogens with zero attached hydrogens (tertiary/aromatic N) is 1. The van der Waals surface area contributed by atoms with Gasteiger partial charge in [-0.25, -0.2) is 9.55 Å². The van der Waals surface area contributed by atoms with Gasteiger partial charge in [0, 0.05) is 5.02 Å². The van der Waals surface area contributed by atoms with Crippen molar-refractivity contribution in [2.24, 2.45) is 0 Å². The Morgan fingerprint density at radius 1 is 1.00 bits per heavy atom. The van der Waals surface area contributed by atoms with E-state index < -0.39 is 0 Å². The Morgan fingerprint density at radius 2 is 1.76 bits per heavy atom. The Bertz CT molecular complexity index is 641. The highest BCUT2D eigenvalue weighted by Crippen LogP contribution is 2.11. The van der Waals surface area contributed by atoms with Crippen LogP contribution in [-0.2, 0) is 6.54 Å². The number of rotatable bonds is 2. The molecule has 0 amide bonds. The lowest BCUT2D eigenvalue weighted by Gasteiger charge is -1.99. The molecule has 17 heavy (non-hydrogen) atoms. The summed E-state index contributed by atoms with van der Waals surface area (Å²) in [6.07, 6.45) is 2.00. The Labute approximate surface area is 104 Å². The van der Waals surface area contributed by atoms with Crippen molar-refractivity contribution in [3.8, 4) is 0 Å². The van der Waals surface area contributed by atoms with Crippen LogP contribution in [0.1, 0.15) is 5.56 Å². The number of aromatic amines is 1. The van der Waals surface area contributed by atoms with Crippen LogP contribution in [0, 0.1) is 0 Å². The minimum Gasteiger partial charge on any atom is -0.243 e. The number of fused-ring (bicyclic) bond motifs is 1. The summed E-state index contributed by atoms with van der Waals surface area (Å²) in [5.74, 6) is 0. The molecule has 1 aromatic heterocycles. The van der Waals surface area contributed by atoms with Crippen LogP contribution >= 0.6 is 11.6 Å². The summed E-state index contributed by atoms with van der Waals surface area (Å²) in [5.41, 5.74) is 3.60. The second-order valence-electron chi connectivity index (χ2n) is 4.04. The average molecular weight is 244 g/mol. The van der Waals surface area contributed by atoms with Crippen molar-refractivity contribution in [1.29, 1.82) is 0 Å². The normalized spacial score (nSPS) is 10.9. The van der Waals surface area contributed by atoms with Crippen LogP contribution in [0.25, 0.3) is 11.0 Å². The summed E-state index contributed by atoms with van der Waals surface area (Å²) in [5, 5.41) is 0.776. The van der Waals surface area contributed by atoms with Crippen molar-refractivity contribution in [3.63, 3.8) is 0 Å². The second kappa shape index (κ2) is 4.22. The molecule has 0 radical (unpaired) electrons. The zero-order valence-electron chi connectivity index (χ0n) is 9.23. The number of imidazole rings is 1. The number of H-pyrrole nitrogens is 1. The van der Waals surface area contributed by atoms with Gasteiger partial charge in [0.1, 0.15) is 6.54 Å². The number of benzene rings is 2. The number of hydrogen-bond acceptors (Lipinski definition) is 0. The summed E-state index contributed by atoms with van der Waals surface area (Å²) in [6, 6.07) is 16.2. The SMILES string of the molecule is Clc1ccc(C[n+]2c[nH]c3ccccc32)cc1. The fourth-order valence-electron chi connectivity index (χ4n) is 1.98.